The normalized spacial score (nSPS) is 12.0. The van der Waals surface area contributed by atoms with E-state index in [1.54, 1.807) is 0 Å². The van der Waals surface area contributed by atoms with Crippen LogP contribution in [0.15, 0.2) is 0 Å². The molecule has 0 aromatic carbocycles. The summed E-state index contributed by atoms with van der Waals surface area (Å²) in [6, 6.07) is 0. The fourth-order valence-electron chi connectivity index (χ4n) is 2.61. The summed E-state index contributed by atoms with van der Waals surface area (Å²) in [4.78, 5) is 0. The maximum Gasteiger partial charge on any atom is 0.0181 e. The second-order valence-electron chi connectivity index (χ2n) is 4.81. The third kappa shape index (κ3) is 6.19. The smallest absolute Gasteiger partial charge is 0.0181 e. The Labute approximate surface area is 97.0 Å². The summed E-state index contributed by atoms with van der Waals surface area (Å²) in [5, 5.41) is 3.84. The fourth-order valence-corrected chi connectivity index (χ4v) is 2.61. The van der Waals surface area contributed by atoms with Gasteiger partial charge in [-0.2, -0.15) is 0 Å². The Morgan fingerprint density at radius 1 is 0.733 bits per heavy atom. The Bertz CT molecular complexity index is 114. The third-order valence-corrected chi connectivity index (χ3v) is 3.22. The zero-order valence-corrected chi connectivity index (χ0v) is 11.4. The summed E-state index contributed by atoms with van der Waals surface area (Å²) >= 11 is 0. The Morgan fingerprint density at radius 3 is 1.53 bits per heavy atom. The predicted octanol–water partition coefficient (Wildman–Crippen LogP) is 4.52. The van der Waals surface area contributed by atoms with E-state index in [1.165, 1.54) is 57.9 Å². The number of hydrogen-bond donors (Lipinski definition) is 1. The van der Waals surface area contributed by atoms with Crippen molar-refractivity contribution in [3.63, 3.8) is 0 Å². The van der Waals surface area contributed by atoms with Gasteiger partial charge >= 0.3 is 0 Å². The lowest BCUT2D eigenvalue weighted by Crippen LogP contribution is -2.45. The monoisotopic (exact) mass is 213 g/mol. The molecule has 1 N–H and O–H groups in total. The van der Waals surface area contributed by atoms with Crippen LogP contribution in [0.1, 0.15) is 79.1 Å². The highest BCUT2D eigenvalue weighted by atomic mass is 15.0. The molecule has 15 heavy (non-hydrogen) atoms. The molecular formula is C14H31N. The second kappa shape index (κ2) is 9.21. The van der Waals surface area contributed by atoms with Gasteiger partial charge in [0, 0.05) is 5.54 Å². The van der Waals surface area contributed by atoms with E-state index in [0.717, 1.165) is 0 Å². The van der Waals surface area contributed by atoms with Crippen LogP contribution in [0.2, 0.25) is 0 Å². The zero-order chi connectivity index (χ0) is 11.6. The van der Waals surface area contributed by atoms with Gasteiger partial charge in [-0.25, -0.2) is 0 Å². The van der Waals surface area contributed by atoms with Crippen molar-refractivity contribution in [1.29, 1.82) is 0 Å². The van der Waals surface area contributed by atoms with E-state index in [2.05, 4.69) is 33.0 Å². The van der Waals surface area contributed by atoms with E-state index in [1.807, 2.05) is 0 Å². The van der Waals surface area contributed by atoms with Crippen LogP contribution in [0.5, 0.6) is 0 Å². The van der Waals surface area contributed by atoms with Gasteiger partial charge in [0.25, 0.3) is 0 Å². The van der Waals surface area contributed by atoms with Crippen LogP contribution in [0.4, 0.5) is 0 Å². The summed E-state index contributed by atoms with van der Waals surface area (Å²) in [6.45, 7) is 10.4. The molecule has 0 aromatic rings. The molecule has 1 nitrogen and oxygen atoms in total. The van der Waals surface area contributed by atoms with Crippen molar-refractivity contribution in [2.24, 2.45) is 0 Å². The van der Waals surface area contributed by atoms with Gasteiger partial charge in [-0.15, -0.1) is 0 Å². The number of nitrogens with one attached hydrogen (secondary N) is 1. The molecule has 0 atom stereocenters. The van der Waals surface area contributed by atoms with Crippen LogP contribution in [-0.4, -0.2) is 12.1 Å². The number of hydrogen-bond acceptors (Lipinski definition) is 1. The molecule has 0 aliphatic rings. The molecule has 0 radical (unpaired) electrons. The zero-order valence-electron chi connectivity index (χ0n) is 11.4. The van der Waals surface area contributed by atoms with Crippen molar-refractivity contribution in [1.82, 2.24) is 5.32 Å². The number of unbranched alkanes of at least 4 members (excludes halogenated alkanes) is 1. The Kier molecular flexibility index (Phi) is 9.18. The van der Waals surface area contributed by atoms with Crippen molar-refractivity contribution in [2.45, 2.75) is 84.6 Å². The van der Waals surface area contributed by atoms with Crippen LogP contribution in [0.25, 0.3) is 0 Å². The van der Waals surface area contributed by atoms with Crippen molar-refractivity contribution in [3.8, 4) is 0 Å². The lowest BCUT2D eigenvalue weighted by Gasteiger charge is -2.35. The summed E-state index contributed by atoms with van der Waals surface area (Å²) in [5.74, 6) is 0. The van der Waals surface area contributed by atoms with Crippen LogP contribution in [-0.2, 0) is 0 Å². The standard InChI is InChI=1S/C14H31N/c1-5-9-13-15-14(10-6-2,11-7-3)12-8-4/h15H,5-13H2,1-4H3. The second-order valence-corrected chi connectivity index (χ2v) is 4.81. The van der Waals surface area contributed by atoms with E-state index >= 15 is 0 Å². The fraction of sp³-hybridized carbons (Fsp3) is 1.00. The van der Waals surface area contributed by atoms with Crippen molar-refractivity contribution in [2.75, 3.05) is 6.54 Å². The maximum absolute atomic E-state index is 3.84. The average Bonchev–Trinajstić information content (AvgIpc) is 2.19. The lowest BCUT2D eigenvalue weighted by molar-refractivity contribution is 0.252. The largest absolute Gasteiger partial charge is 0.311 e. The minimum absolute atomic E-state index is 0.452. The van der Waals surface area contributed by atoms with E-state index in [-0.39, 0.29) is 0 Å². The van der Waals surface area contributed by atoms with Gasteiger partial charge < -0.3 is 5.32 Å². The molecule has 0 saturated heterocycles. The molecule has 0 amide bonds. The van der Waals surface area contributed by atoms with Crippen molar-refractivity contribution >= 4 is 0 Å². The predicted molar refractivity (Wildman–Crippen MR) is 70.4 cm³/mol. The molecular weight excluding hydrogens is 182 g/mol. The molecule has 0 saturated carbocycles. The van der Waals surface area contributed by atoms with Gasteiger partial charge in [0.2, 0.25) is 0 Å². The highest BCUT2D eigenvalue weighted by Crippen LogP contribution is 2.25. The maximum atomic E-state index is 3.84. The minimum Gasteiger partial charge on any atom is -0.311 e. The third-order valence-electron chi connectivity index (χ3n) is 3.22. The van der Waals surface area contributed by atoms with Crippen LogP contribution < -0.4 is 5.32 Å². The molecule has 92 valence electrons. The van der Waals surface area contributed by atoms with Gasteiger partial charge in [-0.05, 0) is 32.2 Å². The summed E-state index contributed by atoms with van der Waals surface area (Å²) < 4.78 is 0. The SMILES string of the molecule is CCCCNC(CCC)(CCC)CCC. The first-order valence-electron chi connectivity index (χ1n) is 6.99. The summed E-state index contributed by atoms with van der Waals surface area (Å²) in [7, 11) is 0. The Morgan fingerprint density at radius 2 is 1.20 bits per heavy atom. The van der Waals surface area contributed by atoms with E-state index in [9.17, 15) is 0 Å². The van der Waals surface area contributed by atoms with Crippen molar-refractivity contribution < 1.29 is 0 Å². The van der Waals surface area contributed by atoms with Crippen molar-refractivity contribution in [3.05, 3.63) is 0 Å². The molecule has 0 aromatic heterocycles. The molecule has 0 heterocycles. The minimum atomic E-state index is 0.452. The Balaban J connectivity index is 4.18. The Hall–Kier alpha value is -0.0400. The molecule has 0 fully saturated rings. The molecule has 0 unspecified atom stereocenters. The van der Waals surface area contributed by atoms with Crippen LogP contribution >= 0.6 is 0 Å². The van der Waals surface area contributed by atoms with Crippen LogP contribution in [0, 0.1) is 0 Å². The average molecular weight is 213 g/mol. The van der Waals surface area contributed by atoms with E-state index in [0.29, 0.717) is 5.54 Å². The highest BCUT2D eigenvalue weighted by molar-refractivity contribution is 4.86. The summed E-state index contributed by atoms with van der Waals surface area (Å²) in [6.07, 6.45) is 10.6. The molecule has 0 aliphatic heterocycles. The summed E-state index contributed by atoms with van der Waals surface area (Å²) in [5.41, 5.74) is 0.452. The van der Waals surface area contributed by atoms with Gasteiger partial charge in [-0.3, -0.25) is 0 Å². The first-order chi connectivity index (χ1) is 7.24. The quantitative estimate of drug-likeness (QED) is 0.526. The first-order valence-corrected chi connectivity index (χ1v) is 6.99. The molecule has 0 spiro atoms. The highest BCUT2D eigenvalue weighted by Gasteiger charge is 2.25. The van der Waals surface area contributed by atoms with Gasteiger partial charge in [-0.1, -0.05) is 53.4 Å². The first kappa shape index (κ1) is 15.0. The number of rotatable bonds is 10. The molecule has 0 bridgehead atoms. The van der Waals surface area contributed by atoms with E-state index in [4.69, 9.17) is 0 Å². The van der Waals surface area contributed by atoms with E-state index < -0.39 is 0 Å². The molecule has 1 heteroatoms. The lowest BCUT2D eigenvalue weighted by atomic mass is 9.84. The molecule has 0 rings (SSSR count). The van der Waals surface area contributed by atoms with Crippen LogP contribution in [0.3, 0.4) is 0 Å². The van der Waals surface area contributed by atoms with Gasteiger partial charge in [0.15, 0.2) is 0 Å². The van der Waals surface area contributed by atoms with Gasteiger partial charge in [0.05, 0.1) is 0 Å². The molecule has 0 aliphatic carbocycles. The van der Waals surface area contributed by atoms with Gasteiger partial charge in [0.1, 0.15) is 0 Å². The topological polar surface area (TPSA) is 12.0 Å².